The van der Waals surface area contributed by atoms with E-state index < -0.39 is 5.97 Å². The molecule has 106 valence electrons. The van der Waals surface area contributed by atoms with Gasteiger partial charge in [0.1, 0.15) is 17.4 Å². The van der Waals surface area contributed by atoms with Crippen LogP contribution in [0.1, 0.15) is 26.3 Å². The summed E-state index contributed by atoms with van der Waals surface area (Å²) in [6.07, 6.45) is 1.51. The molecule has 0 aliphatic carbocycles. The quantitative estimate of drug-likeness (QED) is 0.453. The molecule has 0 bridgehead atoms. The van der Waals surface area contributed by atoms with Crippen LogP contribution in [0.3, 0.4) is 0 Å². The van der Waals surface area contributed by atoms with Crippen molar-refractivity contribution in [1.29, 1.82) is 5.26 Å². The first-order valence-electron chi connectivity index (χ1n) is 6.58. The second-order valence-electron chi connectivity index (χ2n) is 4.66. The zero-order valence-corrected chi connectivity index (χ0v) is 12.1. The molecule has 0 aliphatic heterocycles. The van der Waals surface area contributed by atoms with E-state index in [1.807, 2.05) is 26.8 Å². The summed E-state index contributed by atoms with van der Waals surface area (Å²) in [6, 6.07) is 9.04. The molecule has 0 atom stereocenters. The SMILES string of the molecule is CCOc1ccc(C=C(C#N)C(=O)OCC(C)C)cc1. The number of esters is 1. The summed E-state index contributed by atoms with van der Waals surface area (Å²) in [4.78, 5) is 11.7. The molecule has 0 saturated carbocycles. The van der Waals surface area contributed by atoms with Gasteiger partial charge in [-0.15, -0.1) is 0 Å². The van der Waals surface area contributed by atoms with Crippen molar-refractivity contribution in [2.45, 2.75) is 20.8 Å². The minimum atomic E-state index is -0.588. The van der Waals surface area contributed by atoms with Gasteiger partial charge < -0.3 is 9.47 Å². The van der Waals surface area contributed by atoms with Crippen molar-refractivity contribution >= 4 is 12.0 Å². The topological polar surface area (TPSA) is 59.3 Å². The Hall–Kier alpha value is -2.28. The second kappa shape index (κ2) is 8.00. The van der Waals surface area contributed by atoms with Crippen molar-refractivity contribution in [2.75, 3.05) is 13.2 Å². The van der Waals surface area contributed by atoms with Crippen LogP contribution in [0.5, 0.6) is 5.75 Å². The van der Waals surface area contributed by atoms with Crippen molar-refractivity contribution in [3.8, 4) is 11.8 Å². The third-order valence-corrected chi connectivity index (χ3v) is 2.39. The van der Waals surface area contributed by atoms with E-state index in [1.54, 1.807) is 24.3 Å². The zero-order valence-electron chi connectivity index (χ0n) is 12.1. The Morgan fingerprint density at radius 3 is 2.50 bits per heavy atom. The molecule has 1 aromatic carbocycles. The highest BCUT2D eigenvalue weighted by molar-refractivity contribution is 5.97. The van der Waals surface area contributed by atoms with Crippen LogP contribution in [0, 0.1) is 17.2 Å². The van der Waals surface area contributed by atoms with Crippen molar-refractivity contribution in [2.24, 2.45) is 5.92 Å². The highest BCUT2D eigenvalue weighted by atomic mass is 16.5. The van der Waals surface area contributed by atoms with E-state index >= 15 is 0 Å². The third-order valence-electron chi connectivity index (χ3n) is 2.39. The maximum Gasteiger partial charge on any atom is 0.348 e. The Kier molecular flexibility index (Phi) is 6.31. The van der Waals surface area contributed by atoms with Crippen LogP contribution in [-0.4, -0.2) is 19.2 Å². The van der Waals surface area contributed by atoms with Crippen LogP contribution in [0.25, 0.3) is 6.08 Å². The summed E-state index contributed by atoms with van der Waals surface area (Å²) in [5.74, 6) is 0.407. The molecule has 0 aliphatic rings. The fourth-order valence-corrected chi connectivity index (χ4v) is 1.45. The van der Waals surface area contributed by atoms with Crippen LogP contribution in [-0.2, 0) is 9.53 Å². The van der Waals surface area contributed by atoms with Gasteiger partial charge >= 0.3 is 5.97 Å². The van der Waals surface area contributed by atoms with Crippen molar-refractivity contribution in [1.82, 2.24) is 0 Å². The lowest BCUT2D eigenvalue weighted by molar-refractivity contribution is -0.139. The summed E-state index contributed by atoms with van der Waals surface area (Å²) in [7, 11) is 0. The number of rotatable bonds is 6. The lowest BCUT2D eigenvalue weighted by Crippen LogP contribution is -2.11. The Labute approximate surface area is 119 Å². The first kappa shape index (κ1) is 15.8. The Morgan fingerprint density at radius 2 is 2.00 bits per heavy atom. The molecule has 1 rings (SSSR count). The maximum atomic E-state index is 11.7. The monoisotopic (exact) mass is 273 g/mol. The predicted octanol–water partition coefficient (Wildman–Crippen LogP) is 3.19. The van der Waals surface area contributed by atoms with Crippen LogP contribution in [0.15, 0.2) is 29.8 Å². The lowest BCUT2D eigenvalue weighted by Gasteiger charge is -2.06. The average molecular weight is 273 g/mol. The largest absolute Gasteiger partial charge is 0.494 e. The van der Waals surface area contributed by atoms with Crippen molar-refractivity contribution in [3.63, 3.8) is 0 Å². The average Bonchev–Trinajstić information content (AvgIpc) is 2.44. The Balaban J connectivity index is 2.78. The molecule has 1 aromatic rings. The molecule has 0 radical (unpaired) electrons. The van der Waals surface area contributed by atoms with Gasteiger partial charge in [-0.1, -0.05) is 26.0 Å². The number of nitriles is 1. The minimum absolute atomic E-state index is 0.00481. The van der Waals surface area contributed by atoms with Gasteiger partial charge in [0, 0.05) is 0 Å². The van der Waals surface area contributed by atoms with Gasteiger partial charge in [-0.05, 0) is 36.6 Å². The number of carbonyl (C=O) groups excluding carboxylic acids is 1. The molecular formula is C16H19NO3. The normalized spacial score (nSPS) is 11.1. The van der Waals surface area contributed by atoms with Gasteiger partial charge in [-0.25, -0.2) is 4.79 Å². The molecule has 0 fully saturated rings. The van der Waals surface area contributed by atoms with Crippen LogP contribution in [0.4, 0.5) is 0 Å². The Bertz CT molecular complexity index is 510. The summed E-state index contributed by atoms with van der Waals surface area (Å²) in [6.45, 7) is 6.69. The molecule has 20 heavy (non-hydrogen) atoms. The van der Waals surface area contributed by atoms with E-state index in [9.17, 15) is 4.79 Å². The van der Waals surface area contributed by atoms with Gasteiger partial charge in [-0.2, -0.15) is 5.26 Å². The molecule has 0 saturated heterocycles. The van der Waals surface area contributed by atoms with E-state index in [2.05, 4.69) is 0 Å². The summed E-state index contributed by atoms with van der Waals surface area (Å²) in [5.41, 5.74) is 0.751. The summed E-state index contributed by atoms with van der Waals surface area (Å²) < 4.78 is 10.4. The van der Waals surface area contributed by atoms with Crippen LogP contribution >= 0.6 is 0 Å². The molecule has 0 amide bonds. The van der Waals surface area contributed by atoms with E-state index in [0.29, 0.717) is 13.2 Å². The molecule has 0 heterocycles. The highest BCUT2D eigenvalue weighted by Crippen LogP contribution is 2.15. The van der Waals surface area contributed by atoms with Gasteiger partial charge in [0.15, 0.2) is 0 Å². The van der Waals surface area contributed by atoms with Gasteiger partial charge in [-0.3, -0.25) is 0 Å². The second-order valence-corrected chi connectivity index (χ2v) is 4.66. The molecule has 0 N–H and O–H groups in total. The maximum absolute atomic E-state index is 11.7. The first-order valence-corrected chi connectivity index (χ1v) is 6.58. The Morgan fingerprint density at radius 1 is 1.35 bits per heavy atom. The highest BCUT2D eigenvalue weighted by Gasteiger charge is 2.11. The minimum Gasteiger partial charge on any atom is -0.494 e. The number of hydrogen-bond acceptors (Lipinski definition) is 4. The molecule has 4 heteroatoms. The number of hydrogen-bond donors (Lipinski definition) is 0. The van der Waals surface area contributed by atoms with Crippen molar-refractivity contribution in [3.05, 3.63) is 35.4 Å². The number of carbonyl (C=O) groups is 1. The van der Waals surface area contributed by atoms with Gasteiger partial charge in [0.25, 0.3) is 0 Å². The van der Waals surface area contributed by atoms with E-state index in [4.69, 9.17) is 14.7 Å². The van der Waals surface area contributed by atoms with Crippen LogP contribution in [0.2, 0.25) is 0 Å². The predicted molar refractivity (Wildman–Crippen MR) is 77.0 cm³/mol. The fraction of sp³-hybridized carbons (Fsp3) is 0.375. The van der Waals surface area contributed by atoms with Gasteiger partial charge in [0.2, 0.25) is 0 Å². The van der Waals surface area contributed by atoms with E-state index in [1.165, 1.54) is 6.08 Å². The molecule has 0 aromatic heterocycles. The fourth-order valence-electron chi connectivity index (χ4n) is 1.45. The van der Waals surface area contributed by atoms with E-state index in [0.717, 1.165) is 11.3 Å². The van der Waals surface area contributed by atoms with Gasteiger partial charge in [0.05, 0.1) is 13.2 Å². The standard InChI is InChI=1S/C16H19NO3/c1-4-19-15-7-5-13(6-8-15)9-14(10-17)16(18)20-11-12(2)3/h5-9,12H,4,11H2,1-3H3. The molecular weight excluding hydrogens is 254 g/mol. The molecule has 4 nitrogen and oxygen atoms in total. The number of benzene rings is 1. The lowest BCUT2D eigenvalue weighted by atomic mass is 10.1. The first-order chi connectivity index (χ1) is 9.56. The van der Waals surface area contributed by atoms with E-state index in [-0.39, 0.29) is 11.5 Å². The number of ether oxygens (including phenoxy) is 2. The zero-order chi connectivity index (χ0) is 15.0. The summed E-state index contributed by atoms with van der Waals surface area (Å²) >= 11 is 0. The smallest absolute Gasteiger partial charge is 0.348 e. The third kappa shape index (κ3) is 5.15. The van der Waals surface area contributed by atoms with Crippen LogP contribution < -0.4 is 4.74 Å². The van der Waals surface area contributed by atoms with Crippen molar-refractivity contribution < 1.29 is 14.3 Å². The molecule has 0 unspecified atom stereocenters. The number of nitrogens with zero attached hydrogens (tertiary/aromatic N) is 1. The summed E-state index contributed by atoms with van der Waals surface area (Å²) in [5, 5.41) is 9.02. The molecule has 0 spiro atoms.